The van der Waals surface area contributed by atoms with Crippen molar-refractivity contribution >= 4 is 35.0 Å². The molecule has 1 heterocycles. The predicted octanol–water partition coefficient (Wildman–Crippen LogP) is 2.39. The van der Waals surface area contributed by atoms with E-state index in [0.29, 0.717) is 41.7 Å². The van der Waals surface area contributed by atoms with Crippen LogP contribution in [0.15, 0.2) is 48.5 Å². The van der Waals surface area contributed by atoms with E-state index in [2.05, 4.69) is 10.6 Å². The van der Waals surface area contributed by atoms with Gasteiger partial charge >= 0.3 is 0 Å². The van der Waals surface area contributed by atoms with Gasteiger partial charge < -0.3 is 15.4 Å². The van der Waals surface area contributed by atoms with Crippen molar-refractivity contribution in [2.45, 2.75) is 19.4 Å². The maximum atomic E-state index is 12.6. The van der Waals surface area contributed by atoms with E-state index in [1.54, 1.807) is 48.5 Å². The molecule has 1 fully saturated rings. The Kier molecular flexibility index (Phi) is 6.85. The van der Waals surface area contributed by atoms with E-state index in [4.69, 9.17) is 16.3 Å². The fourth-order valence-electron chi connectivity index (χ4n) is 3.05. The maximum Gasteiger partial charge on any atom is 0.251 e. The van der Waals surface area contributed by atoms with Gasteiger partial charge in [0.2, 0.25) is 5.91 Å². The summed E-state index contributed by atoms with van der Waals surface area (Å²) in [5.74, 6) is -0.111. The number of rotatable bonds is 8. The standard InChI is InChI=1S/C21H22ClN3O4/c1-2-29-17-9-7-16(8-10-17)25-19(26)13-18(21(25)28)23-11-12-24-20(27)14-3-5-15(22)6-4-14/h3-10,18,23H,2,11-13H2,1H3,(H,24,27)/t18-/m1/s1. The summed E-state index contributed by atoms with van der Waals surface area (Å²) < 4.78 is 5.38. The summed E-state index contributed by atoms with van der Waals surface area (Å²) in [6.45, 7) is 3.11. The van der Waals surface area contributed by atoms with Gasteiger partial charge in [0, 0.05) is 23.7 Å². The summed E-state index contributed by atoms with van der Waals surface area (Å²) in [6.07, 6.45) is 0.0805. The van der Waals surface area contributed by atoms with Crippen LogP contribution in [0.3, 0.4) is 0 Å². The summed E-state index contributed by atoms with van der Waals surface area (Å²) in [6, 6.07) is 12.8. The number of nitrogens with zero attached hydrogens (tertiary/aromatic N) is 1. The average Bonchev–Trinajstić information content (AvgIpc) is 3.00. The highest BCUT2D eigenvalue weighted by Crippen LogP contribution is 2.25. The van der Waals surface area contributed by atoms with Crippen molar-refractivity contribution < 1.29 is 19.1 Å². The number of carbonyl (C=O) groups excluding carboxylic acids is 3. The van der Waals surface area contributed by atoms with Crippen LogP contribution in [-0.4, -0.2) is 43.5 Å². The Morgan fingerprint density at radius 3 is 2.45 bits per heavy atom. The van der Waals surface area contributed by atoms with Crippen molar-refractivity contribution in [1.29, 1.82) is 0 Å². The summed E-state index contributed by atoms with van der Waals surface area (Å²) in [7, 11) is 0. The molecule has 0 aromatic heterocycles. The second-order valence-corrected chi connectivity index (χ2v) is 6.90. The topological polar surface area (TPSA) is 87.7 Å². The number of imide groups is 1. The molecular weight excluding hydrogens is 394 g/mol. The second kappa shape index (κ2) is 9.54. The third-order valence-corrected chi connectivity index (χ3v) is 4.71. The van der Waals surface area contributed by atoms with Crippen molar-refractivity contribution in [2.24, 2.45) is 0 Å². The van der Waals surface area contributed by atoms with E-state index < -0.39 is 6.04 Å². The lowest BCUT2D eigenvalue weighted by molar-refractivity contribution is -0.121. The Morgan fingerprint density at radius 2 is 1.79 bits per heavy atom. The number of amides is 3. The quantitative estimate of drug-likeness (QED) is 0.510. The van der Waals surface area contributed by atoms with E-state index in [9.17, 15) is 14.4 Å². The molecule has 1 aliphatic heterocycles. The first kappa shape index (κ1) is 20.8. The van der Waals surface area contributed by atoms with Crippen LogP contribution in [0.4, 0.5) is 5.69 Å². The zero-order valence-electron chi connectivity index (χ0n) is 16.0. The molecule has 0 bridgehead atoms. The predicted molar refractivity (Wildman–Crippen MR) is 110 cm³/mol. The van der Waals surface area contributed by atoms with Gasteiger partial charge in [0.1, 0.15) is 5.75 Å². The first-order valence-corrected chi connectivity index (χ1v) is 9.74. The van der Waals surface area contributed by atoms with Gasteiger partial charge in [0.25, 0.3) is 11.8 Å². The Balaban J connectivity index is 1.49. The van der Waals surface area contributed by atoms with E-state index in [1.807, 2.05) is 6.92 Å². The van der Waals surface area contributed by atoms with Crippen LogP contribution < -0.4 is 20.3 Å². The minimum Gasteiger partial charge on any atom is -0.494 e. The van der Waals surface area contributed by atoms with Crippen LogP contribution in [0.1, 0.15) is 23.7 Å². The minimum atomic E-state index is -0.610. The first-order valence-electron chi connectivity index (χ1n) is 9.36. The molecule has 2 aromatic carbocycles. The van der Waals surface area contributed by atoms with E-state index in [0.717, 1.165) is 0 Å². The van der Waals surface area contributed by atoms with Crippen LogP contribution in [0.25, 0.3) is 0 Å². The molecular formula is C21H22ClN3O4. The lowest BCUT2D eigenvalue weighted by atomic mass is 10.2. The van der Waals surface area contributed by atoms with Crippen LogP contribution in [0.5, 0.6) is 5.75 Å². The number of benzene rings is 2. The van der Waals surface area contributed by atoms with Gasteiger partial charge in [-0.1, -0.05) is 11.6 Å². The summed E-state index contributed by atoms with van der Waals surface area (Å²) in [4.78, 5) is 38.2. The summed E-state index contributed by atoms with van der Waals surface area (Å²) in [5.41, 5.74) is 1.02. The smallest absolute Gasteiger partial charge is 0.251 e. The number of halogens is 1. The SMILES string of the molecule is CCOc1ccc(N2C(=O)C[C@@H](NCCNC(=O)c3ccc(Cl)cc3)C2=O)cc1. The van der Waals surface area contributed by atoms with Crippen molar-refractivity contribution in [2.75, 3.05) is 24.6 Å². The number of nitrogens with one attached hydrogen (secondary N) is 2. The highest BCUT2D eigenvalue weighted by molar-refractivity contribution is 6.30. The lowest BCUT2D eigenvalue weighted by Gasteiger charge is -2.16. The van der Waals surface area contributed by atoms with Gasteiger partial charge in [-0.2, -0.15) is 0 Å². The number of hydrogen-bond acceptors (Lipinski definition) is 5. The number of hydrogen-bond donors (Lipinski definition) is 2. The van der Waals surface area contributed by atoms with E-state index >= 15 is 0 Å². The molecule has 0 aliphatic carbocycles. The maximum absolute atomic E-state index is 12.6. The number of ether oxygens (including phenoxy) is 1. The van der Waals surface area contributed by atoms with Crippen molar-refractivity contribution in [1.82, 2.24) is 10.6 Å². The third kappa shape index (κ3) is 5.13. The molecule has 29 heavy (non-hydrogen) atoms. The molecule has 8 heteroatoms. The van der Waals surface area contributed by atoms with Gasteiger partial charge in [-0.05, 0) is 55.5 Å². The average molecular weight is 416 g/mol. The van der Waals surface area contributed by atoms with Crippen LogP contribution >= 0.6 is 11.6 Å². The highest BCUT2D eigenvalue weighted by Gasteiger charge is 2.39. The number of carbonyl (C=O) groups is 3. The Morgan fingerprint density at radius 1 is 1.10 bits per heavy atom. The second-order valence-electron chi connectivity index (χ2n) is 6.47. The van der Waals surface area contributed by atoms with Crippen LogP contribution in [0, 0.1) is 0 Å². The molecule has 2 N–H and O–H groups in total. The molecule has 2 aromatic rings. The van der Waals surface area contributed by atoms with Gasteiger partial charge in [-0.15, -0.1) is 0 Å². The normalized spacial score (nSPS) is 16.2. The molecule has 0 spiro atoms. The van der Waals surface area contributed by atoms with Crippen LogP contribution in [-0.2, 0) is 9.59 Å². The molecule has 1 saturated heterocycles. The van der Waals surface area contributed by atoms with Gasteiger partial charge in [0.05, 0.1) is 24.8 Å². The summed E-state index contributed by atoms with van der Waals surface area (Å²) >= 11 is 5.81. The molecule has 1 atom stereocenters. The monoisotopic (exact) mass is 415 g/mol. The molecule has 3 amide bonds. The van der Waals surface area contributed by atoms with Crippen molar-refractivity contribution in [3.63, 3.8) is 0 Å². The molecule has 7 nitrogen and oxygen atoms in total. The molecule has 0 saturated carbocycles. The highest BCUT2D eigenvalue weighted by atomic mass is 35.5. The van der Waals surface area contributed by atoms with Gasteiger partial charge in [-0.3, -0.25) is 14.4 Å². The van der Waals surface area contributed by atoms with Gasteiger partial charge in [0.15, 0.2) is 0 Å². The molecule has 0 radical (unpaired) electrons. The minimum absolute atomic E-state index is 0.0805. The Hall–Kier alpha value is -2.90. The fourth-order valence-corrected chi connectivity index (χ4v) is 3.17. The molecule has 0 unspecified atom stereocenters. The molecule has 3 rings (SSSR count). The zero-order valence-corrected chi connectivity index (χ0v) is 16.7. The largest absolute Gasteiger partial charge is 0.494 e. The Labute approximate surface area is 174 Å². The molecule has 1 aliphatic rings. The fraction of sp³-hybridized carbons (Fsp3) is 0.286. The lowest BCUT2D eigenvalue weighted by Crippen LogP contribution is -2.42. The molecule has 152 valence electrons. The number of anilines is 1. The van der Waals surface area contributed by atoms with Crippen molar-refractivity contribution in [3.8, 4) is 5.75 Å². The van der Waals surface area contributed by atoms with E-state index in [1.165, 1.54) is 4.90 Å². The first-order chi connectivity index (χ1) is 14.0. The van der Waals surface area contributed by atoms with Crippen molar-refractivity contribution in [3.05, 3.63) is 59.1 Å². The van der Waals surface area contributed by atoms with E-state index in [-0.39, 0.29) is 24.1 Å². The Bertz CT molecular complexity index is 884. The summed E-state index contributed by atoms with van der Waals surface area (Å²) in [5, 5.41) is 6.36. The third-order valence-electron chi connectivity index (χ3n) is 4.46. The zero-order chi connectivity index (χ0) is 20.8. The van der Waals surface area contributed by atoms with Crippen LogP contribution in [0.2, 0.25) is 5.02 Å². The van der Waals surface area contributed by atoms with Gasteiger partial charge in [-0.25, -0.2) is 4.90 Å².